The van der Waals surface area contributed by atoms with Crippen molar-refractivity contribution in [3.63, 3.8) is 0 Å². The lowest BCUT2D eigenvalue weighted by atomic mass is 10.1. The zero-order chi connectivity index (χ0) is 18.4. The van der Waals surface area contributed by atoms with Gasteiger partial charge in [0.25, 0.3) is 5.91 Å². The number of esters is 1. The quantitative estimate of drug-likeness (QED) is 0.816. The van der Waals surface area contributed by atoms with E-state index in [9.17, 15) is 14.0 Å². The van der Waals surface area contributed by atoms with Crippen LogP contribution in [0, 0.1) is 26.6 Å². The third-order valence-electron chi connectivity index (χ3n) is 3.72. The van der Waals surface area contributed by atoms with E-state index < -0.39 is 24.3 Å². The molecule has 6 heteroatoms. The second kappa shape index (κ2) is 8.28. The Hall–Kier alpha value is -2.89. The Morgan fingerprint density at radius 1 is 1.04 bits per heavy atom. The molecule has 0 aliphatic heterocycles. The van der Waals surface area contributed by atoms with Gasteiger partial charge in [-0.1, -0.05) is 18.2 Å². The van der Waals surface area contributed by atoms with Crippen molar-refractivity contribution >= 4 is 17.6 Å². The van der Waals surface area contributed by atoms with E-state index in [1.165, 1.54) is 6.07 Å². The van der Waals surface area contributed by atoms with Crippen molar-refractivity contribution in [2.24, 2.45) is 0 Å². The minimum atomic E-state index is -0.661. The largest absolute Gasteiger partial charge is 0.482 e. The van der Waals surface area contributed by atoms with Crippen molar-refractivity contribution in [1.29, 1.82) is 0 Å². The van der Waals surface area contributed by atoms with Gasteiger partial charge in [-0.05, 0) is 55.7 Å². The normalized spacial score (nSPS) is 10.2. The second-order valence-electron chi connectivity index (χ2n) is 5.66. The fraction of sp³-hybridized carbons (Fsp3) is 0.263. The Morgan fingerprint density at radius 3 is 2.52 bits per heavy atom. The molecule has 132 valence electrons. The van der Waals surface area contributed by atoms with Gasteiger partial charge >= 0.3 is 5.97 Å². The molecule has 0 heterocycles. The van der Waals surface area contributed by atoms with E-state index in [0.717, 1.165) is 11.1 Å². The van der Waals surface area contributed by atoms with Gasteiger partial charge in [0.05, 0.1) is 0 Å². The molecule has 2 rings (SSSR count). The average Bonchev–Trinajstić information content (AvgIpc) is 2.57. The molecule has 5 nitrogen and oxygen atoms in total. The molecule has 0 saturated heterocycles. The molecule has 1 N–H and O–H groups in total. The van der Waals surface area contributed by atoms with Gasteiger partial charge < -0.3 is 14.8 Å². The minimum absolute atomic E-state index is 0.295. The molecule has 0 aromatic heterocycles. The van der Waals surface area contributed by atoms with Crippen LogP contribution in [-0.4, -0.2) is 25.1 Å². The first kappa shape index (κ1) is 18.4. The first-order chi connectivity index (χ1) is 11.9. The maximum atomic E-state index is 13.4. The Bertz CT molecular complexity index is 789. The second-order valence-corrected chi connectivity index (χ2v) is 5.66. The molecule has 0 unspecified atom stereocenters. The fourth-order valence-corrected chi connectivity index (χ4v) is 2.07. The summed E-state index contributed by atoms with van der Waals surface area (Å²) < 4.78 is 23.7. The summed E-state index contributed by atoms with van der Waals surface area (Å²) in [4.78, 5) is 23.4. The highest BCUT2D eigenvalue weighted by Crippen LogP contribution is 2.20. The van der Waals surface area contributed by atoms with Gasteiger partial charge in [0.1, 0.15) is 11.6 Å². The van der Waals surface area contributed by atoms with E-state index in [-0.39, 0.29) is 6.61 Å². The Kier molecular flexibility index (Phi) is 6.11. The summed E-state index contributed by atoms with van der Waals surface area (Å²) in [6, 6.07) is 9.86. The molecule has 0 saturated carbocycles. The lowest BCUT2D eigenvalue weighted by Gasteiger charge is -2.11. The number of nitrogens with one attached hydrogen (secondary N) is 1. The first-order valence-corrected chi connectivity index (χ1v) is 7.77. The minimum Gasteiger partial charge on any atom is -0.482 e. The van der Waals surface area contributed by atoms with Crippen molar-refractivity contribution in [1.82, 2.24) is 0 Å². The van der Waals surface area contributed by atoms with Gasteiger partial charge in [0, 0.05) is 5.69 Å². The zero-order valence-corrected chi connectivity index (χ0v) is 14.4. The number of carbonyl (C=O) groups is 2. The summed E-state index contributed by atoms with van der Waals surface area (Å²) >= 11 is 0. The van der Waals surface area contributed by atoms with Gasteiger partial charge in [-0.25, -0.2) is 9.18 Å². The van der Waals surface area contributed by atoms with Crippen molar-refractivity contribution in [3.8, 4) is 5.75 Å². The van der Waals surface area contributed by atoms with E-state index in [1.807, 2.05) is 26.0 Å². The van der Waals surface area contributed by atoms with Crippen LogP contribution in [0.5, 0.6) is 5.75 Å². The Morgan fingerprint density at radius 2 is 1.80 bits per heavy atom. The Balaban J connectivity index is 1.78. The van der Waals surface area contributed by atoms with Crippen LogP contribution in [0.25, 0.3) is 0 Å². The summed E-state index contributed by atoms with van der Waals surface area (Å²) in [7, 11) is 0. The lowest BCUT2D eigenvalue weighted by Crippen LogP contribution is -2.23. The molecule has 0 aliphatic carbocycles. The van der Waals surface area contributed by atoms with Crippen LogP contribution >= 0.6 is 0 Å². The molecule has 0 atom stereocenters. The van der Waals surface area contributed by atoms with Gasteiger partial charge in [0.2, 0.25) is 0 Å². The number of carbonyl (C=O) groups excluding carboxylic acids is 2. The fourth-order valence-electron chi connectivity index (χ4n) is 2.07. The molecular weight excluding hydrogens is 325 g/mol. The Labute approximate surface area is 145 Å². The number of hydrogen-bond donors (Lipinski definition) is 1. The summed E-state index contributed by atoms with van der Waals surface area (Å²) in [5.74, 6) is -1.04. The van der Waals surface area contributed by atoms with Crippen LogP contribution in [-0.2, 0) is 14.3 Å². The molecular formula is C19H20FNO4. The van der Waals surface area contributed by atoms with Gasteiger partial charge in [-0.15, -0.1) is 0 Å². The monoisotopic (exact) mass is 345 g/mol. The van der Waals surface area contributed by atoms with Crippen molar-refractivity contribution in [2.75, 3.05) is 18.5 Å². The smallest absolute Gasteiger partial charge is 0.344 e. The van der Waals surface area contributed by atoms with Crippen molar-refractivity contribution in [2.45, 2.75) is 20.8 Å². The highest BCUT2D eigenvalue weighted by Gasteiger charge is 2.11. The summed E-state index contributed by atoms with van der Waals surface area (Å²) in [6.45, 7) is 4.70. The average molecular weight is 345 g/mol. The van der Waals surface area contributed by atoms with Crippen molar-refractivity contribution in [3.05, 3.63) is 58.9 Å². The third kappa shape index (κ3) is 5.31. The number of rotatable bonds is 6. The first-order valence-electron chi connectivity index (χ1n) is 7.77. The van der Waals surface area contributed by atoms with Crippen LogP contribution in [0.2, 0.25) is 0 Å². The predicted molar refractivity (Wildman–Crippen MR) is 92.1 cm³/mol. The standard InChI is InChI=1S/C19H20FNO4/c1-12-5-4-6-17(14(12)3)24-11-19(23)25-10-18(22)21-15-8-7-13(2)16(20)9-15/h4-9H,10-11H2,1-3H3,(H,21,22). The van der Waals surface area contributed by atoms with Crippen LogP contribution in [0.3, 0.4) is 0 Å². The zero-order valence-electron chi connectivity index (χ0n) is 14.4. The molecule has 0 fully saturated rings. The van der Waals surface area contributed by atoms with Gasteiger partial charge in [-0.3, -0.25) is 4.79 Å². The maximum absolute atomic E-state index is 13.4. The maximum Gasteiger partial charge on any atom is 0.344 e. The number of ether oxygens (including phenoxy) is 2. The lowest BCUT2D eigenvalue weighted by molar-refractivity contribution is -0.149. The van der Waals surface area contributed by atoms with Crippen LogP contribution < -0.4 is 10.1 Å². The van der Waals surface area contributed by atoms with Crippen molar-refractivity contribution < 1.29 is 23.5 Å². The number of benzene rings is 2. The third-order valence-corrected chi connectivity index (χ3v) is 3.72. The number of halogens is 1. The van der Waals surface area contributed by atoms with Crippen LogP contribution in [0.15, 0.2) is 36.4 Å². The summed E-state index contributed by atoms with van der Waals surface area (Å²) in [6.07, 6.45) is 0. The molecule has 0 bridgehead atoms. The number of hydrogen-bond acceptors (Lipinski definition) is 4. The SMILES string of the molecule is Cc1ccc(NC(=O)COC(=O)COc2cccc(C)c2C)cc1F. The molecule has 1 amide bonds. The predicted octanol–water partition coefficient (Wildman–Crippen LogP) is 3.31. The molecule has 0 aliphatic rings. The van der Waals surface area contributed by atoms with Crippen LogP contribution in [0.4, 0.5) is 10.1 Å². The van der Waals surface area contributed by atoms with E-state index in [0.29, 0.717) is 17.0 Å². The number of anilines is 1. The topological polar surface area (TPSA) is 64.6 Å². The number of amides is 1. The van der Waals surface area contributed by atoms with E-state index in [1.54, 1.807) is 25.1 Å². The summed E-state index contributed by atoms with van der Waals surface area (Å²) in [5.41, 5.74) is 2.77. The molecule has 0 radical (unpaired) electrons. The molecule has 25 heavy (non-hydrogen) atoms. The van der Waals surface area contributed by atoms with Gasteiger partial charge in [-0.2, -0.15) is 0 Å². The van der Waals surface area contributed by atoms with E-state index in [2.05, 4.69) is 5.32 Å². The van der Waals surface area contributed by atoms with Crippen LogP contribution in [0.1, 0.15) is 16.7 Å². The van der Waals surface area contributed by atoms with E-state index >= 15 is 0 Å². The summed E-state index contributed by atoms with van der Waals surface area (Å²) in [5, 5.41) is 2.46. The molecule has 0 spiro atoms. The number of aryl methyl sites for hydroxylation is 2. The molecule has 2 aromatic carbocycles. The van der Waals surface area contributed by atoms with Gasteiger partial charge in [0.15, 0.2) is 13.2 Å². The molecule has 2 aromatic rings. The highest BCUT2D eigenvalue weighted by molar-refractivity contribution is 5.92. The highest BCUT2D eigenvalue weighted by atomic mass is 19.1. The van der Waals surface area contributed by atoms with E-state index in [4.69, 9.17) is 9.47 Å².